The summed E-state index contributed by atoms with van der Waals surface area (Å²) in [5, 5.41) is 0. The van der Waals surface area contributed by atoms with Crippen LogP contribution in [0, 0.1) is 11.8 Å². The molecule has 0 aliphatic rings. The van der Waals surface area contributed by atoms with E-state index in [1.807, 2.05) is 13.1 Å². The van der Waals surface area contributed by atoms with Crippen LogP contribution in [0.4, 0.5) is 0 Å². The lowest BCUT2D eigenvalue weighted by Gasteiger charge is -2.19. The Morgan fingerprint density at radius 1 is 1.00 bits per heavy atom. The monoisotopic (exact) mass is 141 g/mol. The summed E-state index contributed by atoms with van der Waals surface area (Å²) in [6.07, 6.45) is 1.91. The molecule has 0 rings (SSSR count). The van der Waals surface area contributed by atoms with Gasteiger partial charge in [-0.2, -0.15) is 0 Å². The zero-order valence-electron chi connectivity index (χ0n) is 7.76. The first kappa shape index (κ1) is 9.67. The molecule has 0 spiro atoms. The topological polar surface area (TPSA) is 12.4 Å². The molecule has 1 nitrogen and oxygen atoms in total. The van der Waals surface area contributed by atoms with Gasteiger partial charge in [-0.05, 0) is 25.0 Å². The summed E-state index contributed by atoms with van der Waals surface area (Å²) in [6, 6.07) is 0.505. The van der Waals surface area contributed by atoms with Crippen LogP contribution in [-0.4, -0.2) is 12.3 Å². The summed E-state index contributed by atoms with van der Waals surface area (Å²) in [5.41, 5.74) is 0. The fourth-order valence-electron chi connectivity index (χ4n) is 1.29. The minimum absolute atomic E-state index is 0.505. The van der Waals surface area contributed by atoms with E-state index in [9.17, 15) is 0 Å². The molecule has 0 fully saturated rings. The summed E-state index contributed by atoms with van der Waals surface area (Å²) in [4.78, 5) is 4.40. The molecule has 0 saturated heterocycles. The van der Waals surface area contributed by atoms with Gasteiger partial charge in [0.25, 0.3) is 0 Å². The maximum atomic E-state index is 4.40. The van der Waals surface area contributed by atoms with Crippen LogP contribution in [0.15, 0.2) is 4.99 Å². The lowest BCUT2D eigenvalue weighted by molar-refractivity contribution is 0.390. The molecule has 0 N–H and O–H groups in total. The molecule has 0 radical (unpaired) electrons. The van der Waals surface area contributed by atoms with Crippen molar-refractivity contribution in [2.24, 2.45) is 16.8 Å². The van der Waals surface area contributed by atoms with Crippen molar-refractivity contribution in [2.45, 2.75) is 40.7 Å². The average molecular weight is 141 g/mol. The highest BCUT2D eigenvalue weighted by molar-refractivity contribution is 5.53. The van der Waals surface area contributed by atoms with Crippen molar-refractivity contribution in [2.75, 3.05) is 0 Å². The van der Waals surface area contributed by atoms with Gasteiger partial charge in [-0.25, -0.2) is 0 Å². The number of rotatable bonds is 3. The normalized spacial score (nSPS) is 12.8. The fraction of sp³-hybridized carbons (Fsp3) is 0.889. The molecule has 1 heteroatoms. The predicted molar refractivity (Wildman–Crippen MR) is 47.6 cm³/mol. The number of aliphatic imine (C=N–C) groups is 1. The van der Waals surface area contributed by atoms with Crippen LogP contribution in [0.3, 0.4) is 0 Å². The lowest BCUT2D eigenvalue weighted by atomic mass is 9.94. The van der Waals surface area contributed by atoms with Crippen molar-refractivity contribution in [3.8, 4) is 0 Å². The SMILES string of the molecule is C/C=N/C(C(C)C)C(C)C. The van der Waals surface area contributed by atoms with E-state index in [0.29, 0.717) is 17.9 Å². The Morgan fingerprint density at radius 3 is 1.50 bits per heavy atom. The molecule has 0 heterocycles. The van der Waals surface area contributed by atoms with Crippen molar-refractivity contribution in [1.29, 1.82) is 0 Å². The molecule has 0 aromatic rings. The highest BCUT2D eigenvalue weighted by Crippen LogP contribution is 2.15. The zero-order chi connectivity index (χ0) is 8.15. The molecule has 0 unspecified atom stereocenters. The molecular weight excluding hydrogens is 122 g/mol. The lowest BCUT2D eigenvalue weighted by Crippen LogP contribution is -2.19. The average Bonchev–Trinajstić information content (AvgIpc) is 1.81. The van der Waals surface area contributed by atoms with E-state index < -0.39 is 0 Å². The Kier molecular flexibility index (Phi) is 4.33. The number of nitrogens with zero attached hydrogens (tertiary/aromatic N) is 1. The van der Waals surface area contributed by atoms with Crippen LogP contribution in [0.5, 0.6) is 0 Å². The molecule has 10 heavy (non-hydrogen) atoms. The third-order valence-electron chi connectivity index (χ3n) is 1.69. The van der Waals surface area contributed by atoms with Gasteiger partial charge in [0, 0.05) is 0 Å². The first-order valence-electron chi connectivity index (χ1n) is 4.07. The second-order valence-corrected chi connectivity index (χ2v) is 3.39. The van der Waals surface area contributed by atoms with E-state index in [-0.39, 0.29) is 0 Å². The molecule has 0 saturated carbocycles. The van der Waals surface area contributed by atoms with Gasteiger partial charge < -0.3 is 0 Å². The summed E-state index contributed by atoms with van der Waals surface area (Å²) >= 11 is 0. The maximum absolute atomic E-state index is 4.40. The maximum Gasteiger partial charge on any atom is 0.0541 e. The van der Waals surface area contributed by atoms with Crippen LogP contribution < -0.4 is 0 Å². The van der Waals surface area contributed by atoms with E-state index in [0.717, 1.165) is 0 Å². The van der Waals surface area contributed by atoms with Crippen molar-refractivity contribution in [3.05, 3.63) is 0 Å². The highest BCUT2D eigenvalue weighted by atomic mass is 14.8. The quantitative estimate of drug-likeness (QED) is 0.536. The largest absolute Gasteiger partial charge is 0.294 e. The van der Waals surface area contributed by atoms with Crippen molar-refractivity contribution in [3.63, 3.8) is 0 Å². The van der Waals surface area contributed by atoms with E-state index in [1.54, 1.807) is 0 Å². The molecule has 0 bridgehead atoms. The van der Waals surface area contributed by atoms with E-state index >= 15 is 0 Å². The molecule has 0 atom stereocenters. The first-order valence-corrected chi connectivity index (χ1v) is 4.07. The molecular formula is C9H19N. The minimum Gasteiger partial charge on any atom is -0.294 e. The van der Waals surface area contributed by atoms with Crippen LogP contribution in [0.25, 0.3) is 0 Å². The second-order valence-electron chi connectivity index (χ2n) is 3.39. The van der Waals surface area contributed by atoms with Crippen LogP contribution >= 0.6 is 0 Å². The van der Waals surface area contributed by atoms with Crippen molar-refractivity contribution >= 4 is 6.21 Å². The van der Waals surface area contributed by atoms with Gasteiger partial charge in [-0.3, -0.25) is 4.99 Å². The Labute approximate surface area is 64.6 Å². The second kappa shape index (κ2) is 4.48. The molecule has 0 amide bonds. The predicted octanol–water partition coefficient (Wildman–Crippen LogP) is 2.76. The van der Waals surface area contributed by atoms with Gasteiger partial charge in [-0.15, -0.1) is 0 Å². The van der Waals surface area contributed by atoms with Gasteiger partial charge in [0.05, 0.1) is 6.04 Å². The van der Waals surface area contributed by atoms with Gasteiger partial charge in [0.1, 0.15) is 0 Å². The number of hydrogen-bond acceptors (Lipinski definition) is 1. The highest BCUT2D eigenvalue weighted by Gasteiger charge is 2.14. The Morgan fingerprint density at radius 2 is 1.40 bits per heavy atom. The Bertz CT molecular complexity index is 95.3. The Hall–Kier alpha value is -0.330. The number of hydrogen-bond donors (Lipinski definition) is 0. The minimum atomic E-state index is 0.505. The van der Waals surface area contributed by atoms with E-state index in [1.165, 1.54) is 0 Å². The summed E-state index contributed by atoms with van der Waals surface area (Å²) in [7, 11) is 0. The standard InChI is InChI=1S/C9H19N/c1-6-10-9(7(2)3)8(4)5/h6-9H,1-5H3/b10-6+. The molecule has 0 aliphatic carbocycles. The molecule has 60 valence electrons. The first-order chi connectivity index (χ1) is 4.59. The van der Waals surface area contributed by atoms with E-state index in [4.69, 9.17) is 0 Å². The van der Waals surface area contributed by atoms with Gasteiger partial charge in [0.15, 0.2) is 0 Å². The van der Waals surface area contributed by atoms with Crippen molar-refractivity contribution < 1.29 is 0 Å². The van der Waals surface area contributed by atoms with Crippen molar-refractivity contribution in [1.82, 2.24) is 0 Å². The van der Waals surface area contributed by atoms with Crippen LogP contribution in [0.1, 0.15) is 34.6 Å². The third-order valence-corrected chi connectivity index (χ3v) is 1.69. The van der Waals surface area contributed by atoms with Crippen LogP contribution in [-0.2, 0) is 0 Å². The van der Waals surface area contributed by atoms with Gasteiger partial charge >= 0.3 is 0 Å². The Balaban J connectivity index is 3.98. The third kappa shape index (κ3) is 3.00. The zero-order valence-corrected chi connectivity index (χ0v) is 7.76. The van der Waals surface area contributed by atoms with Crippen LogP contribution in [0.2, 0.25) is 0 Å². The fourth-order valence-corrected chi connectivity index (χ4v) is 1.29. The van der Waals surface area contributed by atoms with E-state index in [2.05, 4.69) is 32.7 Å². The molecule has 0 aromatic heterocycles. The summed E-state index contributed by atoms with van der Waals surface area (Å²) in [6.45, 7) is 10.9. The molecule has 0 aliphatic heterocycles. The smallest absolute Gasteiger partial charge is 0.0541 e. The molecule has 0 aromatic carbocycles. The summed E-state index contributed by atoms with van der Waals surface area (Å²) < 4.78 is 0. The van der Waals surface area contributed by atoms with Gasteiger partial charge in [-0.1, -0.05) is 27.7 Å². The summed E-state index contributed by atoms with van der Waals surface area (Å²) in [5.74, 6) is 1.33. The van der Waals surface area contributed by atoms with Gasteiger partial charge in [0.2, 0.25) is 0 Å².